The molecule has 5 nitrogen and oxygen atoms in total. The summed E-state index contributed by atoms with van der Waals surface area (Å²) in [6.45, 7) is 5.00. The van der Waals surface area contributed by atoms with Gasteiger partial charge in [-0.15, -0.1) is 0 Å². The summed E-state index contributed by atoms with van der Waals surface area (Å²) in [4.78, 5) is 0.281. The van der Waals surface area contributed by atoms with Crippen LogP contribution >= 0.6 is 0 Å². The monoisotopic (exact) mass is 298 g/mol. The Labute approximate surface area is 120 Å². The summed E-state index contributed by atoms with van der Waals surface area (Å²) < 4.78 is 32.8. The Morgan fingerprint density at radius 1 is 1.40 bits per heavy atom. The first-order chi connectivity index (χ1) is 9.42. The van der Waals surface area contributed by atoms with Crippen LogP contribution in [0.1, 0.15) is 25.8 Å². The summed E-state index contributed by atoms with van der Waals surface area (Å²) in [7, 11) is -3.52. The number of fused-ring (bicyclic) bond motifs is 1. The van der Waals surface area contributed by atoms with Gasteiger partial charge in [0.05, 0.1) is 11.5 Å². The molecule has 112 valence electrons. The van der Waals surface area contributed by atoms with Crippen LogP contribution in [0.3, 0.4) is 0 Å². The minimum Gasteiger partial charge on any atom is -0.493 e. The molecule has 1 heterocycles. The van der Waals surface area contributed by atoms with Gasteiger partial charge in [-0.1, -0.05) is 13.8 Å². The Morgan fingerprint density at radius 2 is 2.15 bits per heavy atom. The second kappa shape index (κ2) is 6.11. The van der Waals surface area contributed by atoms with Crippen molar-refractivity contribution in [2.45, 2.75) is 37.6 Å². The van der Waals surface area contributed by atoms with Crippen LogP contribution in [0.25, 0.3) is 0 Å². The molecule has 6 heteroatoms. The second-order valence-corrected chi connectivity index (χ2v) is 7.27. The molecular formula is C14H22N2O3S. The summed E-state index contributed by atoms with van der Waals surface area (Å²) >= 11 is 0. The van der Waals surface area contributed by atoms with Gasteiger partial charge in [0.2, 0.25) is 10.0 Å². The van der Waals surface area contributed by atoms with E-state index < -0.39 is 10.0 Å². The molecule has 1 aromatic rings. The van der Waals surface area contributed by atoms with E-state index in [0.717, 1.165) is 24.2 Å². The van der Waals surface area contributed by atoms with Crippen molar-refractivity contribution in [3.05, 3.63) is 23.8 Å². The highest BCUT2D eigenvalue weighted by molar-refractivity contribution is 7.89. The van der Waals surface area contributed by atoms with Gasteiger partial charge in [0, 0.05) is 19.0 Å². The second-order valence-electron chi connectivity index (χ2n) is 5.55. The van der Waals surface area contributed by atoms with E-state index in [0.29, 0.717) is 19.1 Å². The quantitative estimate of drug-likeness (QED) is 0.829. The van der Waals surface area contributed by atoms with E-state index in [9.17, 15) is 8.42 Å². The predicted octanol–water partition coefficient (Wildman–Crippen LogP) is 1.27. The highest BCUT2D eigenvalue weighted by Crippen LogP contribution is 2.27. The highest BCUT2D eigenvalue weighted by atomic mass is 32.2. The third-order valence-electron chi connectivity index (χ3n) is 3.33. The Bertz CT molecular complexity index is 570. The molecular weight excluding hydrogens is 276 g/mol. The molecule has 0 radical (unpaired) electrons. The average molecular weight is 298 g/mol. The van der Waals surface area contributed by atoms with Gasteiger partial charge < -0.3 is 10.5 Å². The number of ether oxygens (including phenoxy) is 1. The molecule has 1 aliphatic rings. The highest BCUT2D eigenvalue weighted by Gasteiger charge is 2.22. The summed E-state index contributed by atoms with van der Waals surface area (Å²) in [6.07, 6.45) is 1.48. The van der Waals surface area contributed by atoms with Gasteiger partial charge in [0.1, 0.15) is 5.75 Å². The smallest absolute Gasteiger partial charge is 0.240 e. The fraction of sp³-hybridized carbons (Fsp3) is 0.571. The Balaban J connectivity index is 2.17. The van der Waals surface area contributed by atoms with E-state index in [1.54, 1.807) is 18.2 Å². The van der Waals surface area contributed by atoms with Gasteiger partial charge in [-0.3, -0.25) is 0 Å². The number of benzene rings is 1. The zero-order valence-electron chi connectivity index (χ0n) is 11.9. The zero-order valence-corrected chi connectivity index (χ0v) is 12.7. The Hall–Kier alpha value is -1.11. The third-order valence-corrected chi connectivity index (χ3v) is 4.85. The number of hydrogen-bond acceptors (Lipinski definition) is 4. The molecule has 1 atom stereocenters. The molecule has 0 fully saturated rings. The lowest BCUT2D eigenvalue weighted by atomic mass is 10.1. The van der Waals surface area contributed by atoms with Crippen molar-refractivity contribution < 1.29 is 13.2 Å². The largest absolute Gasteiger partial charge is 0.493 e. The molecule has 2 rings (SSSR count). The average Bonchev–Trinajstić information content (AvgIpc) is 2.84. The van der Waals surface area contributed by atoms with Crippen LogP contribution < -0.4 is 15.2 Å². The van der Waals surface area contributed by atoms with Gasteiger partial charge in [0.15, 0.2) is 0 Å². The van der Waals surface area contributed by atoms with Crippen LogP contribution in [0.2, 0.25) is 0 Å². The summed E-state index contributed by atoms with van der Waals surface area (Å²) in [5.41, 5.74) is 6.59. The summed E-state index contributed by atoms with van der Waals surface area (Å²) in [5.74, 6) is 1.17. The van der Waals surface area contributed by atoms with Crippen molar-refractivity contribution in [1.29, 1.82) is 0 Å². The maximum absolute atomic E-state index is 12.4. The first kappa shape index (κ1) is 15.3. The normalized spacial score (nSPS) is 16.0. The number of nitrogens with two attached hydrogens (primary N) is 1. The van der Waals surface area contributed by atoms with Gasteiger partial charge in [-0.05, 0) is 36.1 Å². The predicted molar refractivity (Wildman–Crippen MR) is 78.3 cm³/mol. The van der Waals surface area contributed by atoms with E-state index in [1.807, 2.05) is 13.8 Å². The minimum atomic E-state index is -3.52. The molecule has 0 spiro atoms. The van der Waals surface area contributed by atoms with E-state index >= 15 is 0 Å². The lowest BCUT2D eigenvalue weighted by molar-refractivity contribution is 0.356. The van der Waals surface area contributed by atoms with E-state index in [4.69, 9.17) is 10.5 Å². The molecule has 0 saturated carbocycles. The van der Waals surface area contributed by atoms with Crippen molar-refractivity contribution in [1.82, 2.24) is 4.72 Å². The maximum atomic E-state index is 12.4. The maximum Gasteiger partial charge on any atom is 0.240 e. The standard InChI is InChI=1S/C14H22N2O3S/c1-10(2)7-12(9-15)16-20(17,18)13-3-4-14-11(8-13)5-6-19-14/h3-4,8,10,12,16H,5-7,9,15H2,1-2H3. The van der Waals surface area contributed by atoms with Gasteiger partial charge in [0.25, 0.3) is 0 Å². The first-order valence-corrected chi connectivity index (χ1v) is 8.39. The molecule has 0 bridgehead atoms. The first-order valence-electron chi connectivity index (χ1n) is 6.90. The molecule has 0 aliphatic carbocycles. The van der Waals surface area contributed by atoms with Crippen molar-refractivity contribution in [2.75, 3.05) is 13.2 Å². The van der Waals surface area contributed by atoms with Crippen LogP contribution in [0.15, 0.2) is 23.1 Å². The van der Waals surface area contributed by atoms with Crippen LogP contribution in [0, 0.1) is 5.92 Å². The molecule has 3 N–H and O–H groups in total. The number of rotatable bonds is 6. The van der Waals surface area contributed by atoms with Crippen molar-refractivity contribution in [3.63, 3.8) is 0 Å². The minimum absolute atomic E-state index is 0.232. The zero-order chi connectivity index (χ0) is 14.8. The summed E-state index contributed by atoms with van der Waals surface area (Å²) in [5, 5.41) is 0. The lowest BCUT2D eigenvalue weighted by Crippen LogP contribution is -2.40. The fourth-order valence-electron chi connectivity index (χ4n) is 2.38. The Morgan fingerprint density at radius 3 is 2.80 bits per heavy atom. The van der Waals surface area contributed by atoms with Crippen LogP contribution in [-0.2, 0) is 16.4 Å². The molecule has 0 amide bonds. The van der Waals surface area contributed by atoms with Crippen molar-refractivity contribution in [3.8, 4) is 5.75 Å². The number of hydrogen-bond donors (Lipinski definition) is 2. The Kier molecular flexibility index (Phi) is 4.67. The van der Waals surface area contributed by atoms with Gasteiger partial charge >= 0.3 is 0 Å². The molecule has 1 aromatic carbocycles. The SMILES string of the molecule is CC(C)CC(CN)NS(=O)(=O)c1ccc2c(c1)CCO2. The van der Waals surface area contributed by atoms with Crippen LogP contribution in [0.5, 0.6) is 5.75 Å². The number of nitrogens with one attached hydrogen (secondary N) is 1. The topological polar surface area (TPSA) is 81.4 Å². The van der Waals surface area contributed by atoms with E-state index in [2.05, 4.69) is 4.72 Å². The molecule has 20 heavy (non-hydrogen) atoms. The van der Waals surface area contributed by atoms with Crippen molar-refractivity contribution >= 4 is 10.0 Å². The van der Waals surface area contributed by atoms with Gasteiger partial charge in [-0.2, -0.15) is 0 Å². The fourth-order valence-corrected chi connectivity index (χ4v) is 3.69. The number of sulfonamides is 1. The lowest BCUT2D eigenvalue weighted by Gasteiger charge is -2.19. The van der Waals surface area contributed by atoms with Gasteiger partial charge in [-0.25, -0.2) is 13.1 Å². The molecule has 1 aliphatic heterocycles. The van der Waals surface area contributed by atoms with E-state index in [-0.39, 0.29) is 10.9 Å². The molecule has 0 saturated heterocycles. The third kappa shape index (κ3) is 3.50. The molecule has 0 aromatic heterocycles. The van der Waals surface area contributed by atoms with Crippen LogP contribution in [0.4, 0.5) is 0 Å². The van der Waals surface area contributed by atoms with Crippen LogP contribution in [-0.4, -0.2) is 27.6 Å². The molecule has 1 unspecified atom stereocenters. The van der Waals surface area contributed by atoms with E-state index in [1.165, 1.54) is 0 Å². The summed E-state index contributed by atoms with van der Waals surface area (Å²) in [6, 6.07) is 4.75. The van der Waals surface area contributed by atoms with Crippen molar-refractivity contribution in [2.24, 2.45) is 11.7 Å².